The summed E-state index contributed by atoms with van der Waals surface area (Å²) in [4.78, 5) is 86.4. The fourth-order valence-corrected chi connectivity index (χ4v) is 12.8. The first kappa shape index (κ1) is 50.3. The van der Waals surface area contributed by atoms with E-state index >= 15 is 4.39 Å². The van der Waals surface area contributed by atoms with Crippen LogP contribution in [0.1, 0.15) is 80.5 Å². The van der Waals surface area contributed by atoms with E-state index in [1.807, 2.05) is 46.4 Å². The Hall–Kier alpha value is -5.66. The fourth-order valence-electron chi connectivity index (χ4n) is 8.47. The molecular weight excluding hydrogens is 1020 g/mol. The van der Waals surface area contributed by atoms with Crippen LogP contribution < -0.4 is 31.7 Å². The topological polar surface area (TPSA) is 243 Å². The first-order chi connectivity index (χ1) is 34.3. The highest BCUT2D eigenvalue weighted by Gasteiger charge is 2.55. The largest absolute Gasteiger partial charge is 0.462 e. The zero-order valence-electron chi connectivity index (χ0n) is 38.6. The summed E-state index contributed by atoms with van der Waals surface area (Å²) in [6.45, 7) is 2.82. The quantitative estimate of drug-likeness (QED) is 0.0244. The lowest BCUT2D eigenvalue weighted by Gasteiger charge is -2.49. The number of nitrogens with one attached hydrogen (secondary N) is 1. The average Bonchev–Trinajstić information content (AvgIpc) is 4.01. The number of esters is 2. The maximum absolute atomic E-state index is 15.9. The molecule has 4 aliphatic rings. The van der Waals surface area contributed by atoms with Crippen molar-refractivity contribution in [3.05, 3.63) is 85.2 Å². The van der Waals surface area contributed by atoms with Crippen molar-refractivity contribution in [1.29, 1.82) is 0 Å². The number of amides is 2. The zero-order chi connectivity index (χ0) is 49.9. The summed E-state index contributed by atoms with van der Waals surface area (Å²) < 4.78 is 35.7. The third-order valence-electron chi connectivity index (χ3n) is 12.2. The maximum atomic E-state index is 15.9. The number of pyridine rings is 2. The van der Waals surface area contributed by atoms with Crippen molar-refractivity contribution in [3.8, 4) is 11.3 Å². The normalized spacial score (nSPS) is 19.3. The van der Waals surface area contributed by atoms with Crippen molar-refractivity contribution >= 4 is 109 Å². The van der Waals surface area contributed by atoms with E-state index in [0.717, 1.165) is 54.9 Å². The molecule has 1 aromatic carbocycles. The number of thiazole rings is 1. The van der Waals surface area contributed by atoms with E-state index in [0.29, 0.717) is 52.9 Å². The molecule has 19 nitrogen and oxygen atoms in total. The number of aryl methyl sites for hydroxylation is 1. The Kier molecular flexibility index (Phi) is 15.6. The maximum Gasteiger partial charge on any atom is 0.355 e. The molecule has 0 spiro atoms. The SMILES string of the molecule is CCO/N=C(/C(=O)N[C@@H]1C(=O)N2C(C(=O)OCCCCCOC(=O)c3cn(C4CC4)c4c(Cl)c(N5CCCC[C@H](N)C5)c(F)cc4c3=O)=C(Sc3nc(-c4cc[n+](C)cc4)cs3)CS[C@H]12)c1nsc(N)n1. The number of fused-ring (bicyclic) bond motifs is 2. The molecule has 71 heavy (non-hydrogen) atoms. The molecule has 0 bridgehead atoms. The molecular formula is C46H50ClFN11O8S4+. The van der Waals surface area contributed by atoms with E-state index in [4.69, 9.17) is 42.4 Å². The molecule has 4 aromatic heterocycles. The number of anilines is 2. The van der Waals surface area contributed by atoms with Crippen LogP contribution in [0.25, 0.3) is 22.2 Å². The van der Waals surface area contributed by atoms with E-state index in [1.54, 1.807) is 11.5 Å². The number of hydrogen-bond acceptors (Lipinski definition) is 19. The van der Waals surface area contributed by atoms with E-state index in [1.165, 1.54) is 52.0 Å². The number of benzene rings is 1. The summed E-state index contributed by atoms with van der Waals surface area (Å²) in [7, 11) is 1.92. The van der Waals surface area contributed by atoms with Crippen molar-refractivity contribution < 1.29 is 42.4 Å². The number of nitrogen functional groups attached to an aromatic ring is 1. The van der Waals surface area contributed by atoms with Gasteiger partial charge < -0.3 is 40.6 Å². The van der Waals surface area contributed by atoms with Gasteiger partial charge in [0.2, 0.25) is 17.0 Å². The number of hydrogen-bond donors (Lipinski definition) is 3. The molecule has 9 rings (SSSR count). The molecule has 25 heteroatoms. The fraction of sp³-hybridized carbons (Fsp3) is 0.435. The highest BCUT2D eigenvalue weighted by atomic mass is 35.5. The van der Waals surface area contributed by atoms with Crippen LogP contribution in [0.5, 0.6) is 0 Å². The number of ether oxygens (including phenoxy) is 2. The van der Waals surface area contributed by atoms with Gasteiger partial charge in [0, 0.05) is 76.6 Å². The summed E-state index contributed by atoms with van der Waals surface area (Å²) in [5.41, 5.74) is 13.2. The van der Waals surface area contributed by atoms with Gasteiger partial charge in [0.1, 0.15) is 42.1 Å². The van der Waals surface area contributed by atoms with Crippen LogP contribution in [0.3, 0.4) is 0 Å². The third-order valence-corrected chi connectivity index (χ3v) is 16.5. The summed E-state index contributed by atoms with van der Waals surface area (Å²) in [6.07, 6.45) is 10.8. The van der Waals surface area contributed by atoms with Crippen molar-refractivity contribution in [2.75, 3.05) is 49.3 Å². The van der Waals surface area contributed by atoms with Gasteiger partial charge >= 0.3 is 11.9 Å². The third kappa shape index (κ3) is 10.9. The summed E-state index contributed by atoms with van der Waals surface area (Å²) in [5, 5.41) is 8.10. The number of β-lactam (4-membered cyclic amide) rings is 1. The number of unbranched alkanes of at least 4 members (excludes halogenated alkanes) is 2. The molecule has 3 fully saturated rings. The predicted octanol–water partition coefficient (Wildman–Crippen LogP) is 5.54. The van der Waals surface area contributed by atoms with Crippen LogP contribution in [-0.2, 0) is 35.7 Å². The Labute approximate surface area is 428 Å². The molecule has 5 N–H and O–H groups in total. The first-order valence-electron chi connectivity index (χ1n) is 23.1. The van der Waals surface area contributed by atoms with E-state index in [9.17, 15) is 24.0 Å². The van der Waals surface area contributed by atoms with Gasteiger partial charge in [-0.15, -0.1) is 23.1 Å². The van der Waals surface area contributed by atoms with Crippen LogP contribution in [0.4, 0.5) is 15.2 Å². The average molecular weight is 1070 g/mol. The highest BCUT2D eigenvalue weighted by Crippen LogP contribution is 2.47. The van der Waals surface area contributed by atoms with E-state index in [-0.39, 0.29) is 75.9 Å². The highest BCUT2D eigenvalue weighted by molar-refractivity contribution is 8.07. The van der Waals surface area contributed by atoms with Gasteiger partial charge in [0.15, 0.2) is 21.9 Å². The second kappa shape index (κ2) is 22.0. The molecule has 2 amide bonds. The summed E-state index contributed by atoms with van der Waals surface area (Å²) in [6, 6.07) is 3.91. The second-order valence-corrected chi connectivity index (χ2v) is 21.7. The minimum atomic E-state index is -1.02. The van der Waals surface area contributed by atoms with Gasteiger partial charge in [0.05, 0.1) is 40.5 Å². The minimum Gasteiger partial charge on any atom is -0.462 e. The molecule has 5 aromatic rings. The van der Waals surface area contributed by atoms with Crippen LogP contribution in [0, 0.1) is 5.82 Å². The number of carbonyl (C=O) groups is 4. The van der Waals surface area contributed by atoms with Crippen molar-refractivity contribution in [3.63, 3.8) is 0 Å². The van der Waals surface area contributed by atoms with E-state index in [2.05, 4.69) is 19.8 Å². The first-order valence-corrected chi connectivity index (χ1v) is 27.0. The monoisotopic (exact) mass is 1070 g/mol. The van der Waals surface area contributed by atoms with Gasteiger partial charge in [-0.1, -0.05) is 34.9 Å². The number of halogens is 2. The number of oxime groups is 1. The van der Waals surface area contributed by atoms with Gasteiger partial charge in [-0.2, -0.15) is 9.36 Å². The van der Waals surface area contributed by atoms with Crippen LogP contribution in [0.2, 0.25) is 5.02 Å². The van der Waals surface area contributed by atoms with Crippen LogP contribution in [-0.4, -0.2) is 109 Å². The van der Waals surface area contributed by atoms with Crippen LogP contribution >= 0.6 is 58.0 Å². The lowest BCUT2D eigenvalue weighted by molar-refractivity contribution is -0.671. The molecule has 374 valence electrons. The molecule has 7 heterocycles. The molecule has 3 aliphatic heterocycles. The Morgan fingerprint density at radius 2 is 1.83 bits per heavy atom. The number of rotatable bonds is 18. The number of nitrogens with zero attached hydrogens (tertiary/aromatic N) is 8. The number of nitrogens with two attached hydrogens (primary N) is 2. The minimum absolute atomic E-state index is 0.00450. The molecule has 0 unspecified atom stereocenters. The number of aromatic nitrogens is 5. The molecule has 1 aliphatic carbocycles. The van der Waals surface area contributed by atoms with Crippen molar-refractivity contribution in [1.82, 2.24) is 29.1 Å². The lowest BCUT2D eigenvalue weighted by atomic mass is 10.0. The molecule has 3 atom stereocenters. The lowest BCUT2D eigenvalue weighted by Crippen LogP contribution is -2.71. The predicted molar refractivity (Wildman–Crippen MR) is 270 cm³/mol. The summed E-state index contributed by atoms with van der Waals surface area (Å²) in [5.74, 6) is -3.25. The number of carbonyl (C=O) groups excluding carboxylic acids is 4. The standard InChI is InChI=1S/C46H49ClFN11O8S4/c1-3-67-54-33(39-53-45(50)71-55-39)40(61)52-34-41(62)59-37(31(23-68-42(34)59)70-46-51-30(22-69-46)24-12-15-56(2)16-13-24)44(64)66-18-8-4-7-17-65-43(63)28-21-58(26-10-11-26)35-27(38(28)60)19-29(48)36(32(35)47)57-14-6-5-9-25(49)20-57/h12-13,15-16,19,21-22,25-26,34,42H,3-11,14,17-18,20,23,49H2,1-2H3,(H2-,50,52,53,55,61)/p+1/b54-33+/t25-,34+,42+/m0/s1. The Morgan fingerprint density at radius 3 is 2.55 bits per heavy atom. The van der Waals surface area contributed by atoms with Crippen molar-refractivity contribution in [2.24, 2.45) is 17.9 Å². The van der Waals surface area contributed by atoms with Gasteiger partial charge in [-0.05, 0) is 57.9 Å². The Morgan fingerprint density at radius 1 is 1.07 bits per heavy atom. The van der Waals surface area contributed by atoms with E-state index < -0.39 is 46.4 Å². The van der Waals surface area contributed by atoms with Gasteiger partial charge in [0.25, 0.3) is 11.8 Å². The summed E-state index contributed by atoms with van der Waals surface area (Å²) >= 11 is 11.9. The molecule has 1 saturated carbocycles. The molecule has 2 saturated heterocycles. The zero-order valence-corrected chi connectivity index (χ0v) is 42.7. The molecule has 0 radical (unpaired) electrons. The van der Waals surface area contributed by atoms with Gasteiger partial charge in [-0.25, -0.2) is 23.5 Å². The Bertz CT molecular complexity index is 3000. The van der Waals surface area contributed by atoms with Gasteiger partial charge in [-0.3, -0.25) is 19.3 Å². The van der Waals surface area contributed by atoms with Crippen LogP contribution in [0.15, 0.2) is 67.1 Å². The Balaban J connectivity index is 0.844. The van der Waals surface area contributed by atoms with Crippen molar-refractivity contribution in [2.45, 2.75) is 86.1 Å². The number of thioether (sulfide) groups is 2. The smallest absolute Gasteiger partial charge is 0.355 e. The second-order valence-electron chi connectivity index (χ2n) is 17.3.